The average molecular weight is 283 g/mol. The molecule has 5 heteroatoms. The molecule has 0 aliphatic rings. The molecule has 0 fully saturated rings. The number of hydrogen-bond donors (Lipinski definition) is 1. The predicted molar refractivity (Wildman–Crippen MR) is 47.5 cm³/mol. The third kappa shape index (κ3) is 8.51. The molecule has 0 bridgehead atoms. The van der Waals surface area contributed by atoms with Gasteiger partial charge in [0.1, 0.15) is 0 Å². The van der Waals surface area contributed by atoms with Crippen molar-refractivity contribution in [2.75, 3.05) is 6.54 Å². The second kappa shape index (κ2) is 7.61. The molecule has 0 saturated carbocycles. The summed E-state index contributed by atoms with van der Waals surface area (Å²) in [7, 11) is 0. The van der Waals surface area contributed by atoms with Crippen LogP contribution in [0, 0.1) is 3.75 Å². The van der Waals surface area contributed by atoms with Crippen molar-refractivity contribution in [2.45, 2.75) is 12.8 Å². The third-order valence-corrected chi connectivity index (χ3v) is 2.09. The average Bonchev–Trinajstić information content (AvgIpc) is 1.87. The van der Waals surface area contributed by atoms with Crippen LogP contribution in [-0.4, -0.2) is 31.8 Å². The van der Waals surface area contributed by atoms with Crippen LogP contribution in [-0.2, 0) is 15.6 Å². The quantitative estimate of drug-likeness (QED) is 0.347. The molecule has 10 heavy (non-hydrogen) atoms. The normalized spacial score (nSPS) is 7.60. The van der Waals surface area contributed by atoms with Gasteiger partial charge in [-0.15, -0.1) is 0 Å². The standard InChI is InChI=1S/C5H8NS2.O.Sb/c1-2-3-4-6-5(7)8;;/h2-4H2,(H2,6,7,8);;/p-1. The molecule has 0 aliphatic carbocycles. The topological polar surface area (TPSA) is 29.1 Å². The van der Waals surface area contributed by atoms with E-state index in [9.17, 15) is 3.02 Å². The van der Waals surface area contributed by atoms with Gasteiger partial charge in [0.15, 0.2) is 0 Å². The number of thiocarbonyl (C=S) groups is 1. The van der Waals surface area contributed by atoms with Crippen LogP contribution in [0.3, 0.4) is 0 Å². The van der Waals surface area contributed by atoms with Gasteiger partial charge in [-0.2, -0.15) is 0 Å². The number of unbranched alkanes of at least 4 members (excludes halogenated alkanes) is 1. The van der Waals surface area contributed by atoms with Crippen LogP contribution in [0.5, 0.6) is 0 Å². The summed E-state index contributed by atoms with van der Waals surface area (Å²) >= 11 is 7.91. The van der Waals surface area contributed by atoms with Crippen molar-refractivity contribution in [1.29, 1.82) is 0 Å². The molecular formula is C5H7NOS2Sb-. The van der Waals surface area contributed by atoms with Gasteiger partial charge in [-0.05, 0) is 0 Å². The zero-order valence-corrected chi connectivity index (χ0v) is 9.48. The summed E-state index contributed by atoms with van der Waals surface area (Å²) in [6.07, 6.45) is 1.69. The van der Waals surface area contributed by atoms with Gasteiger partial charge in [-0.25, -0.2) is 0 Å². The van der Waals surface area contributed by atoms with E-state index in [1.807, 2.05) is 0 Å². The SMILES string of the molecule is [O]=[Sb]#[C]CCCNC(=S)[S-]. The summed E-state index contributed by atoms with van der Waals surface area (Å²) in [4.78, 5) is 0. The third-order valence-electron chi connectivity index (χ3n) is 0.799. The molecule has 0 aromatic heterocycles. The van der Waals surface area contributed by atoms with Crippen molar-refractivity contribution in [1.82, 2.24) is 5.32 Å². The van der Waals surface area contributed by atoms with Crippen molar-refractivity contribution in [3.05, 3.63) is 0 Å². The van der Waals surface area contributed by atoms with Crippen molar-refractivity contribution in [3.8, 4) is 3.75 Å². The first-order valence-corrected chi connectivity index (χ1v) is 5.91. The molecule has 0 aromatic carbocycles. The van der Waals surface area contributed by atoms with E-state index < -0.39 is 20.9 Å². The number of rotatable bonds is 3. The van der Waals surface area contributed by atoms with Crippen LogP contribution >= 0.6 is 12.2 Å². The first kappa shape index (κ1) is 10.5. The van der Waals surface area contributed by atoms with Gasteiger partial charge >= 0.3 is 81.6 Å². The Morgan fingerprint density at radius 1 is 1.80 bits per heavy atom. The number of hydrogen-bond acceptors (Lipinski definition) is 3. The maximum absolute atomic E-state index is 10.00. The second-order valence-electron chi connectivity index (χ2n) is 1.57. The van der Waals surface area contributed by atoms with Crippen LogP contribution in [0.1, 0.15) is 12.8 Å². The molecule has 1 N–H and O–H groups in total. The minimum absolute atomic E-state index is 0.403. The van der Waals surface area contributed by atoms with Crippen LogP contribution in [0.15, 0.2) is 0 Å². The van der Waals surface area contributed by atoms with E-state index in [1.165, 1.54) is 0 Å². The summed E-state index contributed by atoms with van der Waals surface area (Å²) < 4.78 is 13.2. The zero-order chi connectivity index (χ0) is 7.82. The van der Waals surface area contributed by atoms with Crippen molar-refractivity contribution < 1.29 is 3.02 Å². The molecule has 0 saturated heterocycles. The molecule has 0 unspecified atom stereocenters. The van der Waals surface area contributed by atoms with E-state index in [1.54, 1.807) is 0 Å². The predicted octanol–water partition coefficient (Wildman–Crippen LogP) is 0.197. The van der Waals surface area contributed by atoms with E-state index >= 15 is 0 Å². The maximum atomic E-state index is 10.00. The monoisotopic (exact) mass is 282 g/mol. The Balaban J connectivity index is 3.10. The number of nitrogens with one attached hydrogen (secondary N) is 1. The van der Waals surface area contributed by atoms with E-state index in [0.717, 1.165) is 19.4 Å². The summed E-state index contributed by atoms with van der Waals surface area (Å²) in [5.41, 5.74) is 0. The minimum atomic E-state index is -1.30. The molecule has 0 spiro atoms. The van der Waals surface area contributed by atoms with Crippen molar-refractivity contribution in [2.24, 2.45) is 0 Å². The fraction of sp³-hybridized carbons (Fsp3) is 0.600. The van der Waals surface area contributed by atoms with Gasteiger partial charge in [0.25, 0.3) is 0 Å². The van der Waals surface area contributed by atoms with Gasteiger partial charge in [-0.1, -0.05) is 0 Å². The first-order chi connectivity index (χ1) is 4.77. The molecule has 56 valence electrons. The Morgan fingerprint density at radius 3 is 3.00 bits per heavy atom. The molecule has 0 atom stereocenters. The molecule has 0 aromatic rings. The Labute approximate surface area is 81.2 Å². The van der Waals surface area contributed by atoms with Gasteiger partial charge in [0.2, 0.25) is 0 Å². The fourth-order valence-corrected chi connectivity index (χ4v) is 1.32. The Hall–Kier alpha value is 0.508. The summed E-state index contributed by atoms with van der Waals surface area (Å²) in [5, 5.41) is 2.83. The molecule has 0 aliphatic heterocycles. The Kier molecular flexibility index (Phi) is 8.00. The van der Waals surface area contributed by atoms with E-state index in [0.29, 0.717) is 4.32 Å². The first-order valence-electron chi connectivity index (χ1n) is 2.77. The molecule has 2 nitrogen and oxygen atoms in total. The van der Waals surface area contributed by atoms with Crippen LogP contribution in [0.2, 0.25) is 0 Å². The summed E-state index contributed by atoms with van der Waals surface area (Å²) in [6.45, 7) is 0.769. The fourth-order valence-electron chi connectivity index (χ4n) is 0.404. The Morgan fingerprint density at radius 2 is 2.50 bits per heavy atom. The van der Waals surface area contributed by atoms with Crippen molar-refractivity contribution in [3.63, 3.8) is 0 Å². The molecule has 0 rings (SSSR count). The van der Waals surface area contributed by atoms with Crippen LogP contribution < -0.4 is 5.32 Å². The molecule has 0 radical (unpaired) electrons. The molecular weight excluding hydrogens is 276 g/mol. The Bertz CT molecular complexity index is 199. The summed E-state index contributed by atoms with van der Waals surface area (Å²) in [6, 6.07) is 0. The summed E-state index contributed by atoms with van der Waals surface area (Å²) in [5.74, 6) is 0. The van der Waals surface area contributed by atoms with E-state index in [-0.39, 0.29) is 0 Å². The molecule has 0 amide bonds. The van der Waals surface area contributed by atoms with Crippen LogP contribution in [0.25, 0.3) is 0 Å². The van der Waals surface area contributed by atoms with Crippen LogP contribution in [0.4, 0.5) is 0 Å². The van der Waals surface area contributed by atoms with Gasteiger partial charge in [0.05, 0.1) is 0 Å². The molecule has 0 heterocycles. The van der Waals surface area contributed by atoms with Gasteiger partial charge in [-0.3, -0.25) is 0 Å². The van der Waals surface area contributed by atoms with Gasteiger partial charge in [0, 0.05) is 0 Å². The second-order valence-corrected chi connectivity index (χ2v) is 4.07. The van der Waals surface area contributed by atoms with E-state index in [2.05, 4.69) is 33.9 Å². The van der Waals surface area contributed by atoms with Crippen molar-refractivity contribution >= 4 is 50.1 Å². The van der Waals surface area contributed by atoms with Gasteiger partial charge < -0.3 is 0 Å². The zero-order valence-electron chi connectivity index (χ0n) is 5.29. The van der Waals surface area contributed by atoms with E-state index in [4.69, 9.17) is 0 Å².